The van der Waals surface area contributed by atoms with Crippen molar-refractivity contribution in [3.05, 3.63) is 24.3 Å². The van der Waals surface area contributed by atoms with E-state index in [1.165, 1.54) is 4.31 Å². The molecule has 1 fully saturated rings. The van der Waals surface area contributed by atoms with Crippen molar-refractivity contribution in [3.63, 3.8) is 0 Å². The Hall–Kier alpha value is -1.31. The summed E-state index contributed by atoms with van der Waals surface area (Å²) >= 11 is 0. The molecule has 6 nitrogen and oxygen atoms in total. The maximum absolute atomic E-state index is 11.7. The number of ether oxygens (including phenoxy) is 1. The van der Waals surface area contributed by atoms with Gasteiger partial charge in [0.15, 0.2) is 0 Å². The molecule has 1 aromatic carbocycles. The van der Waals surface area contributed by atoms with Crippen LogP contribution in [-0.4, -0.2) is 49.4 Å². The zero-order chi connectivity index (χ0) is 13.2. The Morgan fingerprint density at radius 2 is 2.06 bits per heavy atom. The first kappa shape index (κ1) is 13.1. The molecular formula is C11H16N2O4S. The molecule has 1 aliphatic rings. The molecule has 0 bridgehead atoms. The normalized spacial score (nSPS) is 17.4. The van der Waals surface area contributed by atoms with Gasteiger partial charge in [-0.1, -0.05) is 12.1 Å². The molecule has 7 heteroatoms. The van der Waals surface area contributed by atoms with E-state index in [9.17, 15) is 8.42 Å². The summed E-state index contributed by atoms with van der Waals surface area (Å²) in [5.74, 6) is 0.366. The van der Waals surface area contributed by atoms with E-state index in [0.717, 1.165) is 0 Å². The van der Waals surface area contributed by atoms with Crippen LogP contribution in [0, 0.1) is 0 Å². The van der Waals surface area contributed by atoms with Crippen LogP contribution in [0.1, 0.15) is 0 Å². The molecule has 3 N–H and O–H groups in total. The Morgan fingerprint density at radius 3 is 2.67 bits per heavy atom. The number of hydrogen-bond donors (Lipinski definition) is 2. The summed E-state index contributed by atoms with van der Waals surface area (Å²) in [7, 11) is -3.33. The van der Waals surface area contributed by atoms with Crippen LogP contribution < -0.4 is 10.5 Å². The minimum absolute atomic E-state index is 0.0448. The molecular weight excluding hydrogens is 256 g/mol. The lowest BCUT2D eigenvalue weighted by molar-refractivity contribution is 0.0546. The number of nitrogens with zero attached hydrogens (tertiary/aromatic N) is 1. The number of anilines is 1. The smallest absolute Gasteiger partial charge is 0.217 e. The van der Waals surface area contributed by atoms with Gasteiger partial charge in [-0.2, -0.15) is 4.31 Å². The monoisotopic (exact) mass is 272 g/mol. The number of aliphatic hydroxyl groups is 1. The lowest BCUT2D eigenvalue weighted by Crippen LogP contribution is -2.54. The molecule has 0 saturated carbocycles. The van der Waals surface area contributed by atoms with Crippen molar-refractivity contribution in [2.75, 3.05) is 31.2 Å². The summed E-state index contributed by atoms with van der Waals surface area (Å²) in [6.07, 6.45) is -0.537. The maximum Gasteiger partial charge on any atom is 0.217 e. The molecule has 0 atom stereocenters. The van der Waals surface area contributed by atoms with Gasteiger partial charge in [-0.15, -0.1) is 0 Å². The second kappa shape index (κ2) is 5.13. The van der Waals surface area contributed by atoms with Crippen molar-refractivity contribution in [3.8, 4) is 5.75 Å². The highest BCUT2D eigenvalue weighted by Gasteiger charge is 2.34. The first-order valence-corrected chi connectivity index (χ1v) is 7.23. The SMILES string of the molecule is Nc1ccccc1OCCS(=O)(=O)N1CC(O)C1. The first-order chi connectivity index (χ1) is 8.49. The number of β-amino-alcohol motifs (C(OH)–C–C–N with tert-alkyl or cyclic N) is 1. The van der Waals surface area contributed by atoms with Gasteiger partial charge in [-0.25, -0.2) is 8.42 Å². The van der Waals surface area contributed by atoms with Crippen molar-refractivity contribution in [1.82, 2.24) is 4.31 Å². The third-order valence-electron chi connectivity index (χ3n) is 2.74. The van der Waals surface area contributed by atoms with Crippen molar-refractivity contribution in [1.29, 1.82) is 0 Å². The van der Waals surface area contributed by atoms with Crippen LogP contribution in [0.5, 0.6) is 5.75 Å². The molecule has 0 aliphatic carbocycles. The van der Waals surface area contributed by atoms with Crippen LogP contribution in [-0.2, 0) is 10.0 Å². The van der Waals surface area contributed by atoms with E-state index in [1.54, 1.807) is 24.3 Å². The molecule has 2 rings (SSSR count). The van der Waals surface area contributed by atoms with Crippen LogP contribution in [0.15, 0.2) is 24.3 Å². The zero-order valence-electron chi connectivity index (χ0n) is 9.82. The van der Waals surface area contributed by atoms with Crippen molar-refractivity contribution < 1.29 is 18.3 Å². The van der Waals surface area contributed by atoms with Gasteiger partial charge in [0.1, 0.15) is 12.4 Å². The van der Waals surface area contributed by atoms with E-state index in [0.29, 0.717) is 11.4 Å². The number of hydrogen-bond acceptors (Lipinski definition) is 5. The van der Waals surface area contributed by atoms with E-state index in [-0.39, 0.29) is 25.4 Å². The van der Waals surface area contributed by atoms with Gasteiger partial charge in [0.25, 0.3) is 0 Å². The average Bonchev–Trinajstić information content (AvgIpc) is 2.27. The number of nitrogen functional groups attached to an aromatic ring is 1. The average molecular weight is 272 g/mol. The number of nitrogens with two attached hydrogens (primary N) is 1. The standard InChI is InChI=1S/C11H16N2O4S/c12-10-3-1-2-4-11(10)17-5-6-18(15,16)13-7-9(14)8-13/h1-4,9,14H,5-8,12H2. The molecule has 18 heavy (non-hydrogen) atoms. The molecule has 1 aromatic rings. The Bertz CT molecular complexity index is 512. The van der Waals surface area contributed by atoms with Crippen LogP contribution in [0.4, 0.5) is 5.69 Å². The molecule has 0 radical (unpaired) electrons. The highest BCUT2D eigenvalue weighted by atomic mass is 32.2. The summed E-state index contributed by atoms with van der Waals surface area (Å²) in [4.78, 5) is 0. The van der Waals surface area contributed by atoms with Gasteiger partial charge in [-0.3, -0.25) is 0 Å². The van der Waals surface area contributed by atoms with Gasteiger partial charge < -0.3 is 15.6 Å². The van der Waals surface area contributed by atoms with E-state index < -0.39 is 16.1 Å². The second-order valence-corrected chi connectivity index (χ2v) is 6.26. The number of sulfonamides is 1. The largest absolute Gasteiger partial charge is 0.490 e. The molecule has 0 spiro atoms. The van der Waals surface area contributed by atoms with Gasteiger partial charge >= 0.3 is 0 Å². The fourth-order valence-corrected chi connectivity index (χ4v) is 2.99. The molecule has 0 amide bonds. The lowest BCUT2D eigenvalue weighted by atomic mass is 10.2. The summed E-state index contributed by atoms with van der Waals surface area (Å²) in [6, 6.07) is 6.93. The van der Waals surface area contributed by atoms with Gasteiger partial charge in [0.05, 0.1) is 17.5 Å². The summed E-state index contributed by atoms with van der Waals surface area (Å²) < 4.78 is 30.0. The Morgan fingerprint density at radius 1 is 1.39 bits per heavy atom. The number of benzene rings is 1. The Kier molecular flexibility index (Phi) is 3.74. The molecule has 1 heterocycles. The number of rotatable bonds is 5. The lowest BCUT2D eigenvalue weighted by Gasteiger charge is -2.34. The highest BCUT2D eigenvalue weighted by Crippen LogP contribution is 2.20. The van der Waals surface area contributed by atoms with E-state index in [4.69, 9.17) is 15.6 Å². The molecule has 100 valence electrons. The zero-order valence-corrected chi connectivity index (χ0v) is 10.6. The second-order valence-electron chi connectivity index (χ2n) is 4.17. The molecule has 0 unspecified atom stereocenters. The van der Waals surface area contributed by atoms with Crippen molar-refractivity contribution in [2.24, 2.45) is 0 Å². The Balaban J connectivity index is 1.84. The van der Waals surface area contributed by atoms with Crippen molar-refractivity contribution in [2.45, 2.75) is 6.10 Å². The highest BCUT2D eigenvalue weighted by molar-refractivity contribution is 7.89. The maximum atomic E-state index is 11.7. The number of para-hydroxylation sites is 2. The first-order valence-electron chi connectivity index (χ1n) is 5.62. The van der Waals surface area contributed by atoms with Gasteiger partial charge in [0.2, 0.25) is 10.0 Å². The fourth-order valence-electron chi connectivity index (χ4n) is 1.64. The summed E-state index contributed by atoms with van der Waals surface area (Å²) in [5, 5.41) is 9.07. The summed E-state index contributed by atoms with van der Waals surface area (Å²) in [6.45, 7) is 0.398. The minimum Gasteiger partial charge on any atom is -0.490 e. The third kappa shape index (κ3) is 2.92. The van der Waals surface area contributed by atoms with E-state index in [1.807, 2.05) is 0 Å². The summed E-state index contributed by atoms with van der Waals surface area (Å²) in [5.41, 5.74) is 6.15. The van der Waals surface area contributed by atoms with E-state index >= 15 is 0 Å². The quantitative estimate of drug-likeness (QED) is 0.715. The van der Waals surface area contributed by atoms with Crippen LogP contribution in [0.2, 0.25) is 0 Å². The Labute approximate surface area is 106 Å². The molecule has 1 saturated heterocycles. The predicted octanol–water partition coefficient (Wildman–Crippen LogP) is -0.346. The molecule has 1 aliphatic heterocycles. The minimum atomic E-state index is -3.33. The van der Waals surface area contributed by atoms with Crippen LogP contribution in [0.25, 0.3) is 0 Å². The van der Waals surface area contributed by atoms with Crippen LogP contribution >= 0.6 is 0 Å². The third-order valence-corrected chi connectivity index (χ3v) is 4.51. The fraction of sp³-hybridized carbons (Fsp3) is 0.455. The molecule has 0 aromatic heterocycles. The van der Waals surface area contributed by atoms with Gasteiger partial charge in [0, 0.05) is 13.1 Å². The van der Waals surface area contributed by atoms with Crippen LogP contribution in [0.3, 0.4) is 0 Å². The number of aliphatic hydroxyl groups excluding tert-OH is 1. The van der Waals surface area contributed by atoms with Crippen molar-refractivity contribution >= 4 is 15.7 Å². The van der Waals surface area contributed by atoms with Gasteiger partial charge in [-0.05, 0) is 12.1 Å². The topological polar surface area (TPSA) is 92.9 Å². The predicted molar refractivity (Wildman–Crippen MR) is 67.7 cm³/mol. The van der Waals surface area contributed by atoms with E-state index in [2.05, 4.69) is 0 Å².